The first-order valence-electron chi connectivity index (χ1n) is 7.62. The number of aliphatic hydroxyl groups is 1. The van der Waals surface area contributed by atoms with E-state index in [1.54, 1.807) is 0 Å². The zero-order valence-corrected chi connectivity index (χ0v) is 11.6. The zero-order valence-electron chi connectivity index (χ0n) is 11.6. The van der Waals surface area contributed by atoms with Crippen molar-refractivity contribution in [2.75, 3.05) is 13.1 Å². The molecule has 0 aromatic rings. The Morgan fingerprint density at radius 3 is 2.71 bits per heavy atom. The van der Waals surface area contributed by atoms with E-state index in [-0.39, 0.29) is 6.10 Å². The fraction of sp³-hybridized carbons (Fsp3) is 1.00. The summed E-state index contributed by atoms with van der Waals surface area (Å²) in [5, 5.41) is 10.3. The zero-order chi connectivity index (χ0) is 12.3. The molecule has 2 aliphatic rings. The molecule has 0 amide bonds. The second-order valence-electron chi connectivity index (χ2n) is 6.29. The Morgan fingerprint density at radius 1 is 1.12 bits per heavy atom. The predicted molar refractivity (Wildman–Crippen MR) is 72.0 cm³/mol. The van der Waals surface area contributed by atoms with Gasteiger partial charge in [0.25, 0.3) is 0 Å². The highest BCUT2D eigenvalue weighted by Crippen LogP contribution is 2.31. The molecule has 1 heterocycles. The Kier molecular flexibility index (Phi) is 4.87. The van der Waals surface area contributed by atoms with Gasteiger partial charge in [0, 0.05) is 6.04 Å². The van der Waals surface area contributed by atoms with Crippen LogP contribution in [0.3, 0.4) is 0 Å². The van der Waals surface area contributed by atoms with Crippen LogP contribution in [0.15, 0.2) is 0 Å². The van der Waals surface area contributed by atoms with Gasteiger partial charge in [-0.2, -0.15) is 0 Å². The molecule has 1 N–H and O–H groups in total. The second-order valence-corrected chi connectivity index (χ2v) is 6.29. The third-order valence-corrected chi connectivity index (χ3v) is 4.99. The monoisotopic (exact) mass is 239 g/mol. The molecule has 0 spiro atoms. The summed E-state index contributed by atoms with van der Waals surface area (Å²) < 4.78 is 0. The second kappa shape index (κ2) is 6.19. The summed E-state index contributed by atoms with van der Waals surface area (Å²) in [6.45, 7) is 7.08. The molecule has 0 aromatic carbocycles. The lowest BCUT2D eigenvalue weighted by molar-refractivity contribution is 0.00343. The normalized spacial score (nSPS) is 41.1. The first kappa shape index (κ1) is 13.4. The lowest BCUT2D eigenvalue weighted by atomic mass is 9.81. The average Bonchev–Trinajstić information content (AvgIpc) is 2.55. The van der Waals surface area contributed by atoms with Crippen LogP contribution in [0.1, 0.15) is 58.8 Å². The molecule has 1 aliphatic carbocycles. The number of nitrogens with zero attached hydrogens (tertiary/aromatic N) is 1. The summed E-state index contributed by atoms with van der Waals surface area (Å²) in [7, 11) is 0. The largest absolute Gasteiger partial charge is 0.391 e. The molecule has 0 bridgehead atoms. The molecule has 2 rings (SSSR count). The van der Waals surface area contributed by atoms with E-state index in [1.807, 2.05) is 0 Å². The summed E-state index contributed by atoms with van der Waals surface area (Å²) in [4.78, 5) is 2.59. The standard InChI is InChI=1S/C15H29NO/c1-3-13-6-7-15(17)14(11-13)16-9-4-5-12(2)8-10-16/h12-15,17H,3-11H2,1-2H3. The van der Waals surface area contributed by atoms with Gasteiger partial charge >= 0.3 is 0 Å². The van der Waals surface area contributed by atoms with E-state index in [1.165, 1.54) is 51.6 Å². The lowest BCUT2D eigenvalue weighted by Gasteiger charge is -2.40. The van der Waals surface area contributed by atoms with Gasteiger partial charge in [-0.15, -0.1) is 0 Å². The van der Waals surface area contributed by atoms with Gasteiger partial charge in [0.2, 0.25) is 0 Å². The molecule has 17 heavy (non-hydrogen) atoms. The van der Waals surface area contributed by atoms with Crippen molar-refractivity contribution in [1.82, 2.24) is 4.90 Å². The molecule has 2 fully saturated rings. The highest BCUT2D eigenvalue weighted by molar-refractivity contribution is 4.87. The van der Waals surface area contributed by atoms with E-state index in [0.717, 1.165) is 18.3 Å². The lowest BCUT2D eigenvalue weighted by Crippen LogP contribution is -2.47. The predicted octanol–water partition coefficient (Wildman–Crippen LogP) is 3.05. The van der Waals surface area contributed by atoms with Crippen molar-refractivity contribution in [3.8, 4) is 0 Å². The van der Waals surface area contributed by atoms with Crippen molar-refractivity contribution in [2.45, 2.75) is 70.9 Å². The highest BCUT2D eigenvalue weighted by Gasteiger charge is 2.33. The molecular formula is C15H29NO. The van der Waals surface area contributed by atoms with Gasteiger partial charge in [-0.1, -0.05) is 20.3 Å². The van der Waals surface area contributed by atoms with Gasteiger partial charge in [0.05, 0.1) is 6.10 Å². The number of rotatable bonds is 2. The van der Waals surface area contributed by atoms with Crippen LogP contribution in [0, 0.1) is 11.8 Å². The minimum Gasteiger partial charge on any atom is -0.391 e. The summed E-state index contributed by atoms with van der Waals surface area (Å²) in [5.41, 5.74) is 0. The number of hydrogen-bond acceptors (Lipinski definition) is 2. The third-order valence-electron chi connectivity index (χ3n) is 4.99. The van der Waals surface area contributed by atoms with Gasteiger partial charge in [0.15, 0.2) is 0 Å². The van der Waals surface area contributed by atoms with Crippen molar-refractivity contribution >= 4 is 0 Å². The maximum Gasteiger partial charge on any atom is 0.0695 e. The molecule has 0 aromatic heterocycles. The molecule has 2 heteroatoms. The minimum absolute atomic E-state index is 0.0637. The third kappa shape index (κ3) is 3.45. The van der Waals surface area contributed by atoms with E-state index in [9.17, 15) is 5.11 Å². The summed E-state index contributed by atoms with van der Waals surface area (Å²) in [6, 6.07) is 0.457. The number of hydrogen-bond donors (Lipinski definition) is 1. The van der Waals surface area contributed by atoms with Gasteiger partial charge in [-0.3, -0.25) is 4.90 Å². The van der Waals surface area contributed by atoms with Gasteiger partial charge in [-0.05, 0) is 63.5 Å². The van der Waals surface area contributed by atoms with Crippen molar-refractivity contribution < 1.29 is 5.11 Å². The van der Waals surface area contributed by atoms with Crippen LogP contribution in [0.25, 0.3) is 0 Å². The summed E-state index contributed by atoms with van der Waals surface area (Å²) in [5.74, 6) is 1.73. The summed E-state index contributed by atoms with van der Waals surface area (Å²) >= 11 is 0. The fourth-order valence-corrected chi connectivity index (χ4v) is 3.60. The molecule has 0 radical (unpaired) electrons. The van der Waals surface area contributed by atoms with E-state index >= 15 is 0 Å². The quantitative estimate of drug-likeness (QED) is 0.800. The van der Waals surface area contributed by atoms with Crippen LogP contribution in [-0.2, 0) is 0 Å². The molecule has 100 valence electrons. The van der Waals surface area contributed by atoms with Gasteiger partial charge < -0.3 is 5.11 Å². The number of likely N-dealkylation sites (tertiary alicyclic amines) is 1. The van der Waals surface area contributed by atoms with E-state index in [2.05, 4.69) is 18.7 Å². The molecular weight excluding hydrogens is 210 g/mol. The maximum atomic E-state index is 10.3. The van der Waals surface area contributed by atoms with Crippen LogP contribution >= 0.6 is 0 Å². The molecule has 1 saturated heterocycles. The SMILES string of the molecule is CCC1CCC(O)C(N2CCCC(C)CC2)C1. The van der Waals surface area contributed by atoms with E-state index < -0.39 is 0 Å². The van der Waals surface area contributed by atoms with Crippen LogP contribution in [-0.4, -0.2) is 35.2 Å². The fourth-order valence-electron chi connectivity index (χ4n) is 3.60. The smallest absolute Gasteiger partial charge is 0.0695 e. The number of aliphatic hydroxyl groups excluding tert-OH is 1. The Labute approximate surface area is 106 Å². The maximum absolute atomic E-state index is 10.3. The van der Waals surface area contributed by atoms with E-state index in [4.69, 9.17) is 0 Å². The van der Waals surface area contributed by atoms with Crippen molar-refractivity contribution in [3.05, 3.63) is 0 Å². The first-order chi connectivity index (χ1) is 8.20. The highest BCUT2D eigenvalue weighted by atomic mass is 16.3. The Morgan fingerprint density at radius 2 is 1.94 bits per heavy atom. The molecule has 4 unspecified atom stereocenters. The summed E-state index contributed by atoms with van der Waals surface area (Å²) in [6.07, 6.45) is 8.72. The minimum atomic E-state index is -0.0637. The average molecular weight is 239 g/mol. The van der Waals surface area contributed by atoms with Crippen LogP contribution in [0.5, 0.6) is 0 Å². The molecule has 1 aliphatic heterocycles. The van der Waals surface area contributed by atoms with Crippen molar-refractivity contribution in [2.24, 2.45) is 11.8 Å². The molecule has 2 nitrogen and oxygen atoms in total. The Bertz CT molecular complexity index is 231. The van der Waals surface area contributed by atoms with Crippen LogP contribution in [0.4, 0.5) is 0 Å². The van der Waals surface area contributed by atoms with Crippen LogP contribution in [0.2, 0.25) is 0 Å². The Hall–Kier alpha value is -0.0800. The molecule has 4 atom stereocenters. The van der Waals surface area contributed by atoms with E-state index in [0.29, 0.717) is 6.04 Å². The van der Waals surface area contributed by atoms with Gasteiger partial charge in [0.1, 0.15) is 0 Å². The topological polar surface area (TPSA) is 23.5 Å². The van der Waals surface area contributed by atoms with Crippen molar-refractivity contribution in [1.29, 1.82) is 0 Å². The molecule has 1 saturated carbocycles. The first-order valence-corrected chi connectivity index (χ1v) is 7.62. The van der Waals surface area contributed by atoms with Gasteiger partial charge in [-0.25, -0.2) is 0 Å². The van der Waals surface area contributed by atoms with Crippen LogP contribution < -0.4 is 0 Å². The van der Waals surface area contributed by atoms with Crippen molar-refractivity contribution in [3.63, 3.8) is 0 Å². The Balaban J connectivity index is 1.93.